The Kier molecular flexibility index (Phi) is 7.85. The molecular weight excluding hydrogens is 531 g/mol. The molecule has 0 atom stereocenters. The van der Waals surface area contributed by atoms with Crippen LogP contribution in [-0.2, 0) is 16.2 Å². The molecule has 1 fully saturated rings. The summed E-state index contributed by atoms with van der Waals surface area (Å²) in [4.78, 5) is 50.1. The number of halogens is 2. The zero-order chi connectivity index (χ0) is 27.6. The van der Waals surface area contributed by atoms with E-state index in [4.69, 9.17) is 33.0 Å². The number of barbiturate groups is 1. The minimum absolute atomic E-state index is 0.0767. The molecule has 0 aliphatic carbocycles. The fourth-order valence-corrected chi connectivity index (χ4v) is 4.38. The number of urea groups is 1. The summed E-state index contributed by atoms with van der Waals surface area (Å²) in [7, 11) is 0. The summed E-state index contributed by atoms with van der Waals surface area (Å²) in [6.45, 7) is 4.13. The second-order valence-corrected chi connectivity index (χ2v) is 9.62. The van der Waals surface area contributed by atoms with Crippen molar-refractivity contribution in [2.24, 2.45) is 0 Å². The highest BCUT2D eigenvalue weighted by Gasteiger charge is 2.36. The van der Waals surface area contributed by atoms with E-state index in [9.17, 15) is 19.2 Å². The minimum atomic E-state index is -1.03. The number of aromatic carboxylic acids is 1. The van der Waals surface area contributed by atoms with Gasteiger partial charge in [0.2, 0.25) is 0 Å². The third-order valence-corrected chi connectivity index (χ3v) is 6.40. The number of hydrogen-bond donors (Lipinski definition) is 2. The van der Waals surface area contributed by atoms with Crippen LogP contribution in [0.4, 0.5) is 10.5 Å². The van der Waals surface area contributed by atoms with Crippen LogP contribution in [0.5, 0.6) is 5.75 Å². The third kappa shape index (κ3) is 5.72. The maximum absolute atomic E-state index is 13.2. The Balaban J connectivity index is 1.56. The van der Waals surface area contributed by atoms with Gasteiger partial charge in [0.05, 0.1) is 21.3 Å². The van der Waals surface area contributed by atoms with Crippen molar-refractivity contribution in [1.82, 2.24) is 5.32 Å². The van der Waals surface area contributed by atoms with E-state index >= 15 is 0 Å². The molecule has 3 aromatic rings. The lowest BCUT2D eigenvalue weighted by Crippen LogP contribution is -2.54. The molecular formula is C28H22Cl2N2O6. The minimum Gasteiger partial charge on any atom is -0.486 e. The molecule has 0 aromatic heterocycles. The molecule has 4 rings (SSSR count). The first kappa shape index (κ1) is 26.9. The molecule has 0 spiro atoms. The topological polar surface area (TPSA) is 113 Å². The van der Waals surface area contributed by atoms with Gasteiger partial charge in [-0.05, 0) is 65.1 Å². The van der Waals surface area contributed by atoms with Crippen LogP contribution < -0.4 is 15.0 Å². The highest BCUT2D eigenvalue weighted by Crippen LogP contribution is 2.36. The Hall–Kier alpha value is -4.14. The van der Waals surface area contributed by atoms with E-state index in [0.717, 1.165) is 10.5 Å². The first-order chi connectivity index (χ1) is 18.0. The average Bonchev–Trinajstić information content (AvgIpc) is 2.86. The number of imide groups is 2. The summed E-state index contributed by atoms with van der Waals surface area (Å²) in [5.41, 5.74) is 2.29. The van der Waals surface area contributed by atoms with Gasteiger partial charge in [0.25, 0.3) is 11.8 Å². The van der Waals surface area contributed by atoms with Crippen molar-refractivity contribution < 1.29 is 29.0 Å². The molecule has 10 heteroatoms. The molecule has 1 heterocycles. The van der Waals surface area contributed by atoms with E-state index in [-0.39, 0.29) is 39.5 Å². The quantitative estimate of drug-likeness (QED) is 0.272. The molecule has 0 radical (unpaired) electrons. The first-order valence-electron chi connectivity index (χ1n) is 11.5. The maximum Gasteiger partial charge on any atom is 0.335 e. The van der Waals surface area contributed by atoms with E-state index in [1.807, 2.05) is 26.0 Å². The third-order valence-electron chi connectivity index (χ3n) is 5.84. The molecule has 0 saturated carbocycles. The molecule has 1 aliphatic heterocycles. The van der Waals surface area contributed by atoms with Gasteiger partial charge < -0.3 is 9.84 Å². The van der Waals surface area contributed by atoms with Crippen LogP contribution in [0.25, 0.3) is 6.08 Å². The van der Waals surface area contributed by atoms with Crippen LogP contribution in [0.3, 0.4) is 0 Å². The van der Waals surface area contributed by atoms with Crippen LogP contribution in [0, 0.1) is 0 Å². The van der Waals surface area contributed by atoms with Crippen LogP contribution in [0.1, 0.15) is 46.8 Å². The molecule has 8 nitrogen and oxygen atoms in total. The zero-order valence-electron chi connectivity index (χ0n) is 20.3. The number of ether oxygens (including phenoxy) is 1. The lowest BCUT2D eigenvalue weighted by atomic mass is 10.0. The van der Waals surface area contributed by atoms with Crippen molar-refractivity contribution in [3.63, 3.8) is 0 Å². The van der Waals surface area contributed by atoms with Gasteiger partial charge in [0, 0.05) is 0 Å². The lowest BCUT2D eigenvalue weighted by molar-refractivity contribution is -0.122. The molecule has 1 aliphatic rings. The normalized spacial score (nSPS) is 14.7. The van der Waals surface area contributed by atoms with E-state index in [1.54, 1.807) is 24.3 Å². The second kappa shape index (κ2) is 11.1. The Bertz CT molecular complexity index is 1440. The van der Waals surface area contributed by atoms with Crippen LogP contribution >= 0.6 is 23.2 Å². The smallest absolute Gasteiger partial charge is 0.335 e. The fraction of sp³-hybridized carbons (Fsp3) is 0.143. The second-order valence-electron chi connectivity index (χ2n) is 8.81. The summed E-state index contributed by atoms with van der Waals surface area (Å²) in [5, 5.41) is 11.5. The molecule has 4 amide bonds. The van der Waals surface area contributed by atoms with Gasteiger partial charge >= 0.3 is 12.0 Å². The number of carbonyl (C=O) groups is 4. The summed E-state index contributed by atoms with van der Waals surface area (Å²) in [6, 6.07) is 15.2. The molecule has 0 unspecified atom stereocenters. The number of nitrogens with zero attached hydrogens (tertiary/aromatic N) is 1. The zero-order valence-corrected chi connectivity index (χ0v) is 21.8. The highest BCUT2D eigenvalue weighted by atomic mass is 35.5. The SMILES string of the molecule is CC(C)c1ccc(N2C(=O)NC(=O)/C(=C\c3cc(Cl)c(OCc4ccc(C(=O)O)cc4)c(Cl)c3)C2=O)cc1. The summed E-state index contributed by atoms with van der Waals surface area (Å²) in [5.74, 6) is -2.21. The number of anilines is 1. The van der Waals surface area contributed by atoms with E-state index in [2.05, 4.69) is 5.32 Å². The van der Waals surface area contributed by atoms with Crippen LogP contribution in [0.15, 0.2) is 66.2 Å². The number of carboxylic acid groups (broad SMARTS) is 1. The van der Waals surface area contributed by atoms with Gasteiger partial charge in [-0.3, -0.25) is 14.9 Å². The number of amides is 4. The van der Waals surface area contributed by atoms with Gasteiger partial charge in [-0.2, -0.15) is 0 Å². The molecule has 0 bridgehead atoms. The number of carbonyl (C=O) groups excluding carboxylic acids is 3. The van der Waals surface area contributed by atoms with Gasteiger partial charge in [-0.25, -0.2) is 14.5 Å². The fourth-order valence-electron chi connectivity index (χ4n) is 3.77. The van der Waals surface area contributed by atoms with E-state index in [0.29, 0.717) is 16.8 Å². The van der Waals surface area contributed by atoms with Crippen molar-refractivity contribution >= 4 is 58.8 Å². The maximum atomic E-state index is 13.2. The lowest BCUT2D eigenvalue weighted by Gasteiger charge is -2.26. The van der Waals surface area contributed by atoms with Crippen molar-refractivity contribution in [3.8, 4) is 5.75 Å². The molecule has 1 saturated heterocycles. The van der Waals surface area contributed by atoms with E-state index < -0.39 is 23.8 Å². The summed E-state index contributed by atoms with van der Waals surface area (Å²) < 4.78 is 5.73. The number of rotatable bonds is 7. The summed E-state index contributed by atoms with van der Waals surface area (Å²) in [6.07, 6.45) is 1.30. The van der Waals surface area contributed by atoms with Crippen LogP contribution in [0.2, 0.25) is 10.0 Å². The van der Waals surface area contributed by atoms with Crippen molar-refractivity contribution in [3.05, 3.63) is 98.5 Å². The standard InChI is InChI=1S/C28H22Cl2N2O6/c1-15(2)18-7-9-20(10-8-18)32-26(34)21(25(33)31-28(32)37)11-17-12-22(29)24(23(30)13-17)38-14-16-3-5-19(6-4-16)27(35)36/h3-13,15H,14H2,1-2H3,(H,35,36)(H,31,33,37)/b21-11+. The molecule has 3 aromatic carbocycles. The Morgan fingerprint density at radius 1 is 1.00 bits per heavy atom. The number of benzene rings is 3. The van der Waals surface area contributed by atoms with Gasteiger partial charge in [0.15, 0.2) is 5.75 Å². The Morgan fingerprint density at radius 3 is 2.16 bits per heavy atom. The monoisotopic (exact) mass is 552 g/mol. The molecule has 194 valence electrons. The number of carboxylic acids is 1. The largest absolute Gasteiger partial charge is 0.486 e. The van der Waals surface area contributed by atoms with Crippen molar-refractivity contribution in [1.29, 1.82) is 0 Å². The van der Waals surface area contributed by atoms with Crippen LogP contribution in [-0.4, -0.2) is 28.9 Å². The molecule has 2 N–H and O–H groups in total. The number of nitrogens with one attached hydrogen (secondary N) is 1. The van der Waals surface area contributed by atoms with Gasteiger partial charge in [-0.1, -0.05) is 61.3 Å². The first-order valence-corrected chi connectivity index (χ1v) is 12.3. The van der Waals surface area contributed by atoms with Gasteiger partial charge in [0.1, 0.15) is 12.2 Å². The van der Waals surface area contributed by atoms with E-state index in [1.165, 1.54) is 30.3 Å². The predicted octanol–water partition coefficient (Wildman–Crippen LogP) is 6.06. The summed E-state index contributed by atoms with van der Waals surface area (Å²) >= 11 is 12.8. The number of hydrogen-bond acceptors (Lipinski definition) is 5. The van der Waals surface area contributed by atoms with Crippen molar-refractivity contribution in [2.75, 3.05) is 4.90 Å². The Morgan fingerprint density at radius 2 is 1.61 bits per heavy atom. The average molecular weight is 553 g/mol. The Labute approximate surface area is 228 Å². The predicted molar refractivity (Wildman–Crippen MR) is 144 cm³/mol. The highest BCUT2D eigenvalue weighted by molar-refractivity contribution is 6.40. The van der Waals surface area contributed by atoms with Gasteiger partial charge in [-0.15, -0.1) is 0 Å². The molecule has 38 heavy (non-hydrogen) atoms. The van der Waals surface area contributed by atoms with Crippen molar-refractivity contribution in [2.45, 2.75) is 26.4 Å².